The van der Waals surface area contributed by atoms with Crippen LogP contribution >= 0.6 is 11.6 Å². The van der Waals surface area contributed by atoms with E-state index in [1.165, 1.54) is 6.07 Å². The maximum absolute atomic E-state index is 12.6. The summed E-state index contributed by atoms with van der Waals surface area (Å²) in [5.41, 5.74) is 6.19. The van der Waals surface area contributed by atoms with Crippen LogP contribution in [0.5, 0.6) is 0 Å². The standard InChI is InChI=1S/C12H13ClF3N/c1-7(2)3-11(17)8-4-9(12(14,15)16)6-10(13)5-8/h4-6,11H,1,3,17H2,2H3/t11-/m1/s1. The first kappa shape index (κ1) is 14.1. The van der Waals surface area contributed by atoms with Gasteiger partial charge in [-0.3, -0.25) is 0 Å². The van der Waals surface area contributed by atoms with Crippen molar-refractivity contribution in [2.45, 2.75) is 25.6 Å². The van der Waals surface area contributed by atoms with E-state index in [1.54, 1.807) is 6.92 Å². The quantitative estimate of drug-likeness (QED) is 0.808. The molecule has 0 spiro atoms. The summed E-state index contributed by atoms with van der Waals surface area (Å²) < 4.78 is 37.7. The summed E-state index contributed by atoms with van der Waals surface area (Å²) in [5, 5.41) is 0.0343. The highest BCUT2D eigenvalue weighted by molar-refractivity contribution is 6.30. The van der Waals surface area contributed by atoms with Gasteiger partial charge >= 0.3 is 6.18 Å². The van der Waals surface area contributed by atoms with Crippen molar-refractivity contribution in [1.82, 2.24) is 0 Å². The molecule has 0 bridgehead atoms. The number of alkyl halides is 3. The predicted molar refractivity (Wildman–Crippen MR) is 62.8 cm³/mol. The Balaban J connectivity index is 3.09. The van der Waals surface area contributed by atoms with E-state index < -0.39 is 17.8 Å². The number of hydrogen-bond acceptors (Lipinski definition) is 1. The summed E-state index contributed by atoms with van der Waals surface area (Å²) in [6, 6.07) is 2.84. The van der Waals surface area contributed by atoms with Crippen LogP contribution in [0.1, 0.15) is 30.5 Å². The Kier molecular flexibility index (Phi) is 4.22. The third kappa shape index (κ3) is 4.06. The normalized spacial score (nSPS) is 13.5. The van der Waals surface area contributed by atoms with Crippen molar-refractivity contribution in [3.8, 4) is 0 Å². The summed E-state index contributed by atoms with van der Waals surface area (Å²) in [6.07, 6.45) is -3.99. The summed E-state index contributed by atoms with van der Waals surface area (Å²) in [5.74, 6) is 0. The molecule has 5 heteroatoms. The molecule has 0 aliphatic carbocycles. The molecule has 0 saturated carbocycles. The van der Waals surface area contributed by atoms with Crippen LogP contribution in [0.25, 0.3) is 0 Å². The van der Waals surface area contributed by atoms with E-state index in [1.807, 2.05) is 0 Å². The minimum atomic E-state index is -4.41. The lowest BCUT2D eigenvalue weighted by Crippen LogP contribution is -2.13. The highest BCUT2D eigenvalue weighted by Gasteiger charge is 2.31. The molecule has 94 valence electrons. The highest BCUT2D eigenvalue weighted by atomic mass is 35.5. The van der Waals surface area contributed by atoms with Crippen LogP contribution in [0.4, 0.5) is 13.2 Å². The molecule has 0 aliphatic heterocycles. The Morgan fingerprint density at radius 3 is 2.47 bits per heavy atom. The first-order valence-corrected chi connectivity index (χ1v) is 5.35. The molecule has 0 unspecified atom stereocenters. The molecule has 1 aromatic rings. The van der Waals surface area contributed by atoms with Gasteiger partial charge in [0.2, 0.25) is 0 Å². The Morgan fingerprint density at radius 1 is 1.41 bits per heavy atom. The number of hydrogen-bond donors (Lipinski definition) is 1. The van der Waals surface area contributed by atoms with E-state index in [4.69, 9.17) is 17.3 Å². The molecule has 1 atom stereocenters. The molecular formula is C12H13ClF3N. The van der Waals surface area contributed by atoms with Crippen LogP contribution in [-0.4, -0.2) is 0 Å². The van der Waals surface area contributed by atoms with Crippen LogP contribution < -0.4 is 5.73 Å². The zero-order valence-electron chi connectivity index (χ0n) is 9.31. The Hall–Kier alpha value is -1.00. The minimum Gasteiger partial charge on any atom is -0.324 e. The third-order valence-electron chi connectivity index (χ3n) is 2.24. The molecule has 0 aliphatic rings. The monoisotopic (exact) mass is 263 g/mol. The van der Waals surface area contributed by atoms with E-state index in [0.29, 0.717) is 12.0 Å². The Bertz CT molecular complexity index is 426. The fourth-order valence-electron chi connectivity index (χ4n) is 1.48. The van der Waals surface area contributed by atoms with E-state index >= 15 is 0 Å². The van der Waals surface area contributed by atoms with Gasteiger partial charge in [0.25, 0.3) is 0 Å². The topological polar surface area (TPSA) is 26.0 Å². The van der Waals surface area contributed by atoms with E-state index in [-0.39, 0.29) is 5.02 Å². The maximum atomic E-state index is 12.6. The van der Waals surface area contributed by atoms with Crippen LogP contribution in [0, 0.1) is 0 Å². The number of benzene rings is 1. The average Bonchev–Trinajstić information content (AvgIpc) is 2.14. The lowest BCUT2D eigenvalue weighted by Gasteiger charge is -2.15. The fraction of sp³-hybridized carbons (Fsp3) is 0.333. The molecule has 1 rings (SSSR count). The molecule has 2 N–H and O–H groups in total. The summed E-state index contributed by atoms with van der Waals surface area (Å²) in [6.45, 7) is 5.45. The second-order valence-corrected chi connectivity index (χ2v) is 4.48. The van der Waals surface area contributed by atoms with E-state index in [2.05, 4.69) is 6.58 Å². The molecule has 0 heterocycles. The van der Waals surface area contributed by atoms with Gasteiger partial charge in [-0.25, -0.2) is 0 Å². The van der Waals surface area contributed by atoms with E-state index in [0.717, 1.165) is 17.7 Å². The molecule has 1 aromatic carbocycles. The zero-order valence-corrected chi connectivity index (χ0v) is 10.1. The second kappa shape index (κ2) is 5.10. The average molecular weight is 264 g/mol. The Morgan fingerprint density at radius 2 is 2.00 bits per heavy atom. The van der Waals surface area contributed by atoms with Gasteiger partial charge in [0, 0.05) is 11.1 Å². The van der Waals surface area contributed by atoms with Crippen molar-refractivity contribution in [2.24, 2.45) is 5.73 Å². The SMILES string of the molecule is C=C(C)C[C@@H](N)c1cc(Cl)cc(C(F)(F)F)c1. The van der Waals surface area contributed by atoms with E-state index in [9.17, 15) is 13.2 Å². The van der Waals surface area contributed by atoms with Crippen molar-refractivity contribution in [3.63, 3.8) is 0 Å². The summed E-state index contributed by atoms with van der Waals surface area (Å²) in [4.78, 5) is 0. The van der Waals surface area contributed by atoms with Crippen molar-refractivity contribution < 1.29 is 13.2 Å². The fourth-order valence-corrected chi connectivity index (χ4v) is 1.73. The number of rotatable bonds is 3. The third-order valence-corrected chi connectivity index (χ3v) is 2.46. The number of halogens is 4. The van der Waals surface area contributed by atoms with Gasteiger partial charge in [-0.2, -0.15) is 13.2 Å². The molecule has 0 aromatic heterocycles. The van der Waals surface area contributed by atoms with Crippen molar-refractivity contribution in [1.29, 1.82) is 0 Å². The van der Waals surface area contributed by atoms with Gasteiger partial charge in [0.05, 0.1) is 5.56 Å². The second-order valence-electron chi connectivity index (χ2n) is 4.04. The van der Waals surface area contributed by atoms with Crippen LogP contribution in [0.15, 0.2) is 30.4 Å². The van der Waals surface area contributed by atoms with Crippen molar-refractivity contribution in [3.05, 3.63) is 46.5 Å². The lowest BCUT2D eigenvalue weighted by atomic mass is 9.99. The van der Waals surface area contributed by atoms with Crippen molar-refractivity contribution >= 4 is 11.6 Å². The molecule has 0 fully saturated rings. The molecule has 0 saturated heterocycles. The van der Waals surface area contributed by atoms with Gasteiger partial charge in [0.15, 0.2) is 0 Å². The molecular weight excluding hydrogens is 251 g/mol. The Labute approximate surface area is 103 Å². The first-order chi connectivity index (χ1) is 7.70. The largest absolute Gasteiger partial charge is 0.416 e. The van der Waals surface area contributed by atoms with Gasteiger partial charge in [-0.1, -0.05) is 17.2 Å². The molecule has 0 amide bonds. The molecule has 17 heavy (non-hydrogen) atoms. The maximum Gasteiger partial charge on any atom is 0.416 e. The lowest BCUT2D eigenvalue weighted by molar-refractivity contribution is -0.137. The van der Waals surface area contributed by atoms with Gasteiger partial charge in [0.1, 0.15) is 0 Å². The first-order valence-electron chi connectivity index (χ1n) is 4.98. The summed E-state index contributed by atoms with van der Waals surface area (Å²) in [7, 11) is 0. The van der Waals surface area contributed by atoms with Crippen LogP contribution in [0.2, 0.25) is 5.02 Å². The highest BCUT2D eigenvalue weighted by Crippen LogP contribution is 2.33. The van der Waals surface area contributed by atoms with Crippen LogP contribution in [-0.2, 0) is 6.18 Å². The summed E-state index contributed by atoms with van der Waals surface area (Å²) >= 11 is 5.66. The minimum absolute atomic E-state index is 0.0343. The molecule has 1 nitrogen and oxygen atoms in total. The molecule has 0 radical (unpaired) electrons. The number of nitrogens with two attached hydrogens (primary N) is 1. The van der Waals surface area contributed by atoms with Crippen LogP contribution in [0.3, 0.4) is 0 Å². The smallest absolute Gasteiger partial charge is 0.324 e. The van der Waals surface area contributed by atoms with Crippen molar-refractivity contribution in [2.75, 3.05) is 0 Å². The zero-order chi connectivity index (χ0) is 13.2. The van der Waals surface area contributed by atoms with Gasteiger partial charge in [-0.15, -0.1) is 6.58 Å². The van der Waals surface area contributed by atoms with Gasteiger partial charge < -0.3 is 5.73 Å². The predicted octanol–water partition coefficient (Wildman–Crippen LogP) is 4.32. The van der Waals surface area contributed by atoms with Gasteiger partial charge in [-0.05, 0) is 37.1 Å².